The summed E-state index contributed by atoms with van der Waals surface area (Å²) in [7, 11) is 0. The zero-order chi connectivity index (χ0) is 25.7. The highest BCUT2D eigenvalue weighted by atomic mass is 15.1. The van der Waals surface area contributed by atoms with E-state index >= 15 is 0 Å². The minimum absolute atomic E-state index is 0.0504. The molecule has 0 amide bonds. The van der Waals surface area contributed by atoms with E-state index in [2.05, 4.69) is 158 Å². The predicted octanol–water partition coefficient (Wildman–Crippen LogP) is 10.3. The van der Waals surface area contributed by atoms with Crippen LogP contribution in [0.3, 0.4) is 0 Å². The van der Waals surface area contributed by atoms with E-state index in [0.29, 0.717) is 0 Å². The van der Waals surface area contributed by atoms with Gasteiger partial charge in [-0.1, -0.05) is 117 Å². The summed E-state index contributed by atoms with van der Waals surface area (Å²) in [5.41, 5.74) is 11.4. The number of anilines is 3. The van der Waals surface area contributed by atoms with Crippen molar-refractivity contribution in [1.82, 2.24) is 0 Å². The normalized spacial score (nSPS) is 13.2. The van der Waals surface area contributed by atoms with Gasteiger partial charge in [0.1, 0.15) is 0 Å². The summed E-state index contributed by atoms with van der Waals surface area (Å²) in [6, 6.07) is 50.6. The summed E-state index contributed by atoms with van der Waals surface area (Å²) in [5.74, 6) is 0. The van der Waals surface area contributed by atoms with E-state index in [-0.39, 0.29) is 5.41 Å². The van der Waals surface area contributed by atoms with Crippen molar-refractivity contribution in [1.29, 1.82) is 0 Å². The maximum Gasteiger partial charge on any atom is 0.0546 e. The second-order valence-electron chi connectivity index (χ2n) is 10.6. The fourth-order valence-corrected chi connectivity index (χ4v) is 6.19. The smallest absolute Gasteiger partial charge is 0.0546 e. The Kier molecular flexibility index (Phi) is 5.19. The van der Waals surface area contributed by atoms with Gasteiger partial charge >= 0.3 is 0 Å². The molecule has 0 heterocycles. The van der Waals surface area contributed by atoms with E-state index < -0.39 is 0 Å². The second kappa shape index (κ2) is 8.75. The molecule has 0 unspecified atom stereocenters. The van der Waals surface area contributed by atoms with Gasteiger partial charge in [-0.25, -0.2) is 0 Å². The number of fused-ring (bicyclic) bond motifs is 4. The van der Waals surface area contributed by atoms with Crippen LogP contribution in [0.2, 0.25) is 0 Å². The van der Waals surface area contributed by atoms with Crippen LogP contribution in [-0.4, -0.2) is 0 Å². The molecule has 0 spiro atoms. The maximum absolute atomic E-state index is 2.44. The third kappa shape index (κ3) is 3.47. The third-order valence-corrected chi connectivity index (χ3v) is 8.05. The summed E-state index contributed by atoms with van der Waals surface area (Å²) >= 11 is 0. The van der Waals surface area contributed by atoms with Crippen LogP contribution in [0, 0.1) is 0 Å². The minimum Gasteiger partial charge on any atom is -0.310 e. The van der Waals surface area contributed by atoms with Gasteiger partial charge in [-0.3, -0.25) is 0 Å². The van der Waals surface area contributed by atoms with Crippen LogP contribution in [0.25, 0.3) is 33.0 Å². The van der Waals surface area contributed by atoms with Crippen LogP contribution in [0.4, 0.5) is 17.1 Å². The fourth-order valence-electron chi connectivity index (χ4n) is 6.19. The van der Waals surface area contributed by atoms with Crippen molar-refractivity contribution in [3.63, 3.8) is 0 Å². The Morgan fingerprint density at radius 2 is 1.11 bits per heavy atom. The molecule has 0 aromatic heterocycles. The van der Waals surface area contributed by atoms with Crippen molar-refractivity contribution >= 4 is 27.8 Å². The first-order chi connectivity index (χ1) is 18.6. The Hall–Kier alpha value is -4.62. The fraction of sp³-hybridized carbons (Fsp3) is 0.0811. The molecular formula is C37H29N. The zero-order valence-corrected chi connectivity index (χ0v) is 21.7. The number of hydrogen-bond acceptors (Lipinski definition) is 1. The molecule has 7 rings (SSSR count). The monoisotopic (exact) mass is 487 g/mol. The van der Waals surface area contributed by atoms with Crippen molar-refractivity contribution < 1.29 is 0 Å². The molecule has 0 saturated heterocycles. The van der Waals surface area contributed by atoms with Crippen LogP contribution in [0.5, 0.6) is 0 Å². The Bertz CT molecular complexity index is 1740. The molecule has 0 bridgehead atoms. The molecule has 0 radical (unpaired) electrons. The standard InChI is InChI=1S/C37H29N/c1-37(2)33-20-12-11-19-31(33)32-23-21-27(25-34(32)37)36-30-18-10-9-13-26(30)22-24-35(36)38(28-14-5-3-6-15-28)29-16-7-4-8-17-29/h3-25H,1-2H3. The SMILES string of the molecule is CC1(C)c2ccccc2-c2ccc(-c3c(N(c4ccccc4)c4ccccc4)ccc4ccccc34)cc21. The van der Waals surface area contributed by atoms with Crippen molar-refractivity contribution in [3.05, 3.63) is 151 Å². The Morgan fingerprint density at radius 1 is 0.500 bits per heavy atom. The van der Waals surface area contributed by atoms with Gasteiger partial charge in [0.2, 0.25) is 0 Å². The van der Waals surface area contributed by atoms with Gasteiger partial charge in [-0.05, 0) is 75.0 Å². The lowest BCUT2D eigenvalue weighted by molar-refractivity contribution is 0.660. The molecule has 0 N–H and O–H groups in total. The molecule has 6 aromatic carbocycles. The van der Waals surface area contributed by atoms with E-state index in [1.54, 1.807) is 0 Å². The highest BCUT2D eigenvalue weighted by Crippen LogP contribution is 2.51. The maximum atomic E-state index is 2.44. The molecule has 1 aliphatic rings. The molecular weight excluding hydrogens is 458 g/mol. The molecule has 1 heteroatoms. The van der Waals surface area contributed by atoms with Crippen molar-refractivity contribution in [2.45, 2.75) is 19.3 Å². The first kappa shape index (κ1) is 22.6. The minimum atomic E-state index is -0.0504. The summed E-state index contributed by atoms with van der Waals surface area (Å²) < 4.78 is 0. The highest BCUT2D eigenvalue weighted by Gasteiger charge is 2.35. The lowest BCUT2D eigenvalue weighted by Crippen LogP contribution is -2.15. The van der Waals surface area contributed by atoms with Gasteiger partial charge in [0.15, 0.2) is 0 Å². The van der Waals surface area contributed by atoms with Gasteiger partial charge < -0.3 is 4.90 Å². The predicted molar refractivity (Wildman–Crippen MR) is 162 cm³/mol. The Morgan fingerprint density at radius 3 is 1.84 bits per heavy atom. The summed E-state index contributed by atoms with van der Waals surface area (Å²) in [5, 5.41) is 2.51. The van der Waals surface area contributed by atoms with Crippen molar-refractivity contribution in [2.75, 3.05) is 4.90 Å². The molecule has 0 atom stereocenters. The molecule has 0 saturated carbocycles. The van der Waals surface area contributed by atoms with E-state index in [4.69, 9.17) is 0 Å². The molecule has 38 heavy (non-hydrogen) atoms. The highest BCUT2D eigenvalue weighted by molar-refractivity contribution is 6.05. The summed E-state index contributed by atoms with van der Waals surface area (Å²) in [4.78, 5) is 2.38. The number of hydrogen-bond donors (Lipinski definition) is 0. The van der Waals surface area contributed by atoms with Gasteiger partial charge in [-0.15, -0.1) is 0 Å². The van der Waals surface area contributed by atoms with E-state index in [1.165, 1.54) is 49.8 Å². The Balaban J connectivity index is 1.52. The summed E-state index contributed by atoms with van der Waals surface area (Å²) in [6.07, 6.45) is 0. The second-order valence-corrected chi connectivity index (χ2v) is 10.6. The van der Waals surface area contributed by atoms with E-state index in [0.717, 1.165) is 11.4 Å². The third-order valence-electron chi connectivity index (χ3n) is 8.05. The van der Waals surface area contributed by atoms with Gasteiger partial charge in [0.25, 0.3) is 0 Å². The zero-order valence-electron chi connectivity index (χ0n) is 21.7. The first-order valence-corrected chi connectivity index (χ1v) is 13.3. The number of rotatable bonds is 4. The lowest BCUT2D eigenvalue weighted by atomic mass is 9.81. The molecule has 6 aromatic rings. The van der Waals surface area contributed by atoms with Crippen LogP contribution < -0.4 is 4.90 Å². The first-order valence-electron chi connectivity index (χ1n) is 13.3. The number of nitrogens with zero attached hydrogens (tertiary/aromatic N) is 1. The Labute approximate surface area is 224 Å². The quantitative estimate of drug-likeness (QED) is 0.239. The average molecular weight is 488 g/mol. The molecule has 1 aliphatic carbocycles. The van der Waals surface area contributed by atoms with Crippen LogP contribution in [0.1, 0.15) is 25.0 Å². The number of para-hydroxylation sites is 2. The molecule has 1 nitrogen and oxygen atoms in total. The molecule has 0 aliphatic heterocycles. The van der Waals surface area contributed by atoms with E-state index in [9.17, 15) is 0 Å². The molecule has 182 valence electrons. The van der Waals surface area contributed by atoms with Gasteiger partial charge in [0.05, 0.1) is 5.69 Å². The summed E-state index contributed by atoms with van der Waals surface area (Å²) in [6.45, 7) is 4.71. The van der Waals surface area contributed by atoms with Gasteiger partial charge in [-0.2, -0.15) is 0 Å². The average Bonchev–Trinajstić information content (AvgIpc) is 3.20. The van der Waals surface area contributed by atoms with Crippen molar-refractivity contribution in [2.24, 2.45) is 0 Å². The van der Waals surface area contributed by atoms with Crippen LogP contribution in [0.15, 0.2) is 140 Å². The molecule has 0 fully saturated rings. The van der Waals surface area contributed by atoms with Crippen LogP contribution >= 0.6 is 0 Å². The topological polar surface area (TPSA) is 3.24 Å². The lowest BCUT2D eigenvalue weighted by Gasteiger charge is -2.29. The largest absolute Gasteiger partial charge is 0.310 e. The van der Waals surface area contributed by atoms with E-state index in [1.807, 2.05) is 0 Å². The van der Waals surface area contributed by atoms with Crippen LogP contribution in [-0.2, 0) is 5.41 Å². The van der Waals surface area contributed by atoms with Gasteiger partial charge in [0, 0.05) is 22.4 Å². The number of benzene rings is 6. The van der Waals surface area contributed by atoms with Crippen molar-refractivity contribution in [3.8, 4) is 22.3 Å².